The number of anilines is 1. The molecule has 2 aromatic heterocycles. The number of fused-ring (bicyclic) bond motifs is 1. The Hall–Kier alpha value is -2.90. The van der Waals surface area contributed by atoms with Gasteiger partial charge in [0, 0.05) is 25.9 Å². The first-order chi connectivity index (χ1) is 12.9. The van der Waals surface area contributed by atoms with Crippen LogP contribution in [0, 0.1) is 0 Å². The Balaban J connectivity index is 1.43. The van der Waals surface area contributed by atoms with E-state index in [1.807, 2.05) is 38.1 Å². The van der Waals surface area contributed by atoms with E-state index in [-0.39, 0.29) is 11.8 Å². The average Bonchev–Trinajstić information content (AvgIpc) is 3.28. The number of carbonyl (C=O) groups is 1. The molecule has 0 atom stereocenters. The zero-order valence-electron chi connectivity index (χ0n) is 15.7. The van der Waals surface area contributed by atoms with Crippen LogP contribution in [-0.4, -0.2) is 34.1 Å². The first-order valence-electron chi connectivity index (χ1n) is 9.16. The lowest BCUT2D eigenvalue weighted by molar-refractivity contribution is -0.120. The van der Waals surface area contributed by atoms with Crippen LogP contribution in [0.15, 0.2) is 33.2 Å². The van der Waals surface area contributed by atoms with Crippen LogP contribution >= 0.6 is 0 Å². The van der Waals surface area contributed by atoms with Crippen LogP contribution < -0.4 is 10.2 Å². The van der Waals surface area contributed by atoms with E-state index in [0.29, 0.717) is 17.7 Å². The van der Waals surface area contributed by atoms with E-state index in [9.17, 15) is 4.79 Å². The summed E-state index contributed by atoms with van der Waals surface area (Å²) in [5.74, 6) is 1.19. The zero-order valence-corrected chi connectivity index (χ0v) is 15.7. The molecule has 8 nitrogen and oxygen atoms in total. The molecule has 3 heterocycles. The number of para-hydroxylation sites is 2. The van der Waals surface area contributed by atoms with Crippen molar-refractivity contribution in [3.05, 3.63) is 36.0 Å². The second-order valence-corrected chi connectivity index (χ2v) is 7.49. The Labute approximate surface area is 156 Å². The van der Waals surface area contributed by atoms with Gasteiger partial charge in [-0.25, -0.2) is 0 Å². The molecule has 0 bridgehead atoms. The van der Waals surface area contributed by atoms with Crippen LogP contribution in [0.3, 0.4) is 0 Å². The van der Waals surface area contributed by atoms with Gasteiger partial charge in [0.15, 0.2) is 11.4 Å². The second-order valence-electron chi connectivity index (χ2n) is 7.49. The molecule has 4 rings (SSSR count). The smallest absolute Gasteiger partial charge is 0.298 e. The summed E-state index contributed by atoms with van der Waals surface area (Å²) in [4.78, 5) is 22.6. The SMILES string of the molecule is CC(=O)NC(C)(C)c1noc(C2CCN(c3nc4ccccc4o3)CC2)n1. The minimum atomic E-state index is -0.660. The molecule has 1 N–H and O–H groups in total. The Morgan fingerprint density at radius 3 is 2.67 bits per heavy atom. The summed E-state index contributed by atoms with van der Waals surface area (Å²) >= 11 is 0. The molecular weight excluding hydrogens is 346 g/mol. The topological polar surface area (TPSA) is 97.3 Å². The van der Waals surface area contributed by atoms with Gasteiger partial charge in [0.2, 0.25) is 11.8 Å². The number of aromatic nitrogens is 3. The van der Waals surface area contributed by atoms with E-state index in [2.05, 4.69) is 25.3 Å². The Morgan fingerprint density at radius 1 is 1.22 bits per heavy atom. The molecule has 8 heteroatoms. The molecule has 1 amide bonds. The van der Waals surface area contributed by atoms with Crippen LogP contribution in [0.5, 0.6) is 0 Å². The molecule has 0 spiro atoms. The van der Waals surface area contributed by atoms with Gasteiger partial charge in [-0.05, 0) is 38.8 Å². The van der Waals surface area contributed by atoms with E-state index in [1.165, 1.54) is 6.92 Å². The van der Waals surface area contributed by atoms with Crippen molar-refractivity contribution < 1.29 is 13.7 Å². The molecule has 0 aliphatic carbocycles. The number of benzene rings is 1. The fourth-order valence-electron chi connectivity index (χ4n) is 3.46. The Kier molecular flexibility index (Phi) is 4.33. The van der Waals surface area contributed by atoms with Gasteiger partial charge in [-0.3, -0.25) is 4.79 Å². The van der Waals surface area contributed by atoms with E-state index in [0.717, 1.165) is 37.0 Å². The number of hydrogen-bond acceptors (Lipinski definition) is 7. The summed E-state index contributed by atoms with van der Waals surface area (Å²) in [6, 6.07) is 8.43. The summed E-state index contributed by atoms with van der Waals surface area (Å²) in [6.07, 6.45) is 1.75. The highest BCUT2D eigenvalue weighted by Gasteiger charge is 2.31. The predicted octanol–water partition coefficient (Wildman–Crippen LogP) is 2.97. The normalized spacial score (nSPS) is 16.0. The van der Waals surface area contributed by atoms with Gasteiger partial charge in [0.25, 0.3) is 6.01 Å². The lowest BCUT2D eigenvalue weighted by atomic mass is 9.97. The molecule has 1 aromatic carbocycles. The summed E-state index contributed by atoms with van der Waals surface area (Å²) in [5, 5.41) is 6.92. The van der Waals surface area contributed by atoms with Crippen molar-refractivity contribution >= 4 is 23.0 Å². The molecule has 0 unspecified atom stereocenters. The fraction of sp³-hybridized carbons (Fsp3) is 0.474. The maximum absolute atomic E-state index is 11.4. The molecule has 3 aromatic rings. The van der Waals surface area contributed by atoms with Crippen molar-refractivity contribution in [1.82, 2.24) is 20.4 Å². The molecule has 142 valence electrons. The number of nitrogens with zero attached hydrogens (tertiary/aromatic N) is 4. The Morgan fingerprint density at radius 2 is 1.96 bits per heavy atom. The second kappa shape index (κ2) is 6.68. The van der Waals surface area contributed by atoms with Crippen molar-refractivity contribution in [3.63, 3.8) is 0 Å². The van der Waals surface area contributed by atoms with Crippen molar-refractivity contribution in [1.29, 1.82) is 0 Å². The molecule has 1 fully saturated rings. The van der Waals surface area contributed by atoms with Gasteiger partial charge in [-0.15, -0.1) is 0 Å². The van der Waals surface area contributed by atoms with E-state index < -0.39 is 5.54 Å². The average molecular weight is 369 g/mol. The fourth-order valence-corrected chi connectivity index (χ4v) is 3.46. The standard InChI is InChI=1S/C19H23N5O3/c1-12(25)22-19(2,3)17-21-16(27-23-17)13-8-10-24(11-9-13)18-20-14-6-4-5-7-15(14)26-18/h4-7,13H,8-11H2,1-3H3,(H,22,25). The van der Waals surface area contributed by atoms with Crippen molar-refractivity contribution in [2.24, 2.45) is 0 Å². The van der Waals surface area contributed by atoms with Gasteiger partial charge in [-0.2, -0.15) is 9.97 Å². The molecule has 0 radical (unpaired) electrons. The molecule has 27 heavy (non-hydrogen) atoms. The highest BCUT2D eigenvalue weighted by atomic mass is 16.5. The summed E-state index contributed by atoms with van der Waals surface area (Å²) in [7, 11) is 0. The van der Waals surface area contributed by atoms with E-state index in [4.69, 9.17) is 8.94 Å². The minimum absolute atomic E-state index is 0.127. The number of oxazole rings is 1. The minimum Gasteiger partial charge on any atom is -0.423 e. The molecule has 0 saturated carbocycles. The monoisotopic (exact) mass is 369 g/mol. The summed E-state index contributed by atoms with van der Waals surface area (Å²) < 4.78 is 11.3. The van der Waals surface area contributed by atoms with Crippen molar-refractivity contribution in [2.75, 3.05) is 18.0 Å². The van der Waals surface area contributed by atoms with Gasteiger partial charge in [0.05, 0.1) is 5.54 Å². The van der Waals surface area contributed by atoms with Gasteiger partial charge < -0.3 is 19.2 Å². The number of rotatable bonds is 4. The highest BCUT2D eigenvalue weighted by molar-refractivity contribution is 5.74. The van der Waals surface area contributed by atoms with Gasteiger partial charge in [-0.1, -0.05) is 17.3 Å². The third-order valence-corrected chi connectivity index (χ3v) is 4.89. The summed E-state index contributed by atoms with van der Waals surface area (Å²) in [5.41, 5.74) is 1.01. The number of hydrogen-bond donors (Lipinski definition) is 1. The molecule has 1 aliphatic rings. The quantitative estimate of drug-likeness (QED) is 0.755. The first-order valence-corrected chi connectivity index (χ1v) is 9.16. The molecule has 1 aliphatic heterocycles. The van der Waals surface area contributed by atoms with Crippen molar-refractivity contribution in [3.8, 4) is 0 Å². The van der Waals surface area contributed by atoms with E-state index >= 15 is 0 Å². The van der Waals surface area contributed by atoms with Crippen LogP contribution in [0.25, 0.3) is 11.1 Å². The largest absolute Gasteiger partial charge is 0.423 e. The molecule has 1 saturated heterocycles. The predicted molar refractivity (Wildman–Crippen MR) is 99.3 cm³/mol. The maximum atomic E-state index is 11.4. The van der Waals surface area contributed by atoms with Gasteiger partial charge >= 0.3 is 0 Å². The third kappa shape index (κ3) is 3.51. The van der Waals surface area contributed by atoms with Crippen LogP contribution in [0.2, 0.25) is 0 Å². The Bertz CT molecular complexity index is 920. The first kappa shape index (κ1) is 17.5. The number of nitrogens with one attached hydrogen (secondary N) is 1. The molecular formula is C19H23N5O3. The number of carbonyl (C=O) groups excluding carboxylic acids is 1. The summed E-state index contributed by atoms with van der Waals surface area (Å²) in [6.45, 7) is 6.82. The maximum Gasteiger partial charge on any atom is 0.298 e. The van der Waals surface area contributed by atoms with Crippen LogP contribution in [0.1, 0.15) is 51.2 Å². The van der Waals surface area contributed by atoms with Gasteiger partial charge in [0.1, 0.15) is 5.52 Å². The third-order valence-electron chi connectivity index (χ3n) is 4.89. The van der Waals surface area contributed by atoms with Crippen LogP contribution in [-0.2, 0) is 10.3 Å². The number of amides is 1. The number of piperidine rings is 1. The van der Waals surface area contributed by atoms with Crippen molar-refractivity contribution in [2.45, 2.75) is 45.1 Å². The van der Waals surface area contributed by atoms with Crippen LogP contribution in [0.4, 0.5) is 6.01 Å². The highest BCUT2D eigenvalue weighted by Crippen LogP contribution is 2.31. The zero-order chi connectivity index (χ0) is 19.0. The lowest BCUT2D eigenvalue weighted by Crippen LogP contribution is -2.40. The lowest BCUT2D eigenvalue weighted by Gasteiger charge is -2.29. The van der Waals surface area contributed by atoms with E-state index in [1.54, 1.807) is 0 Å².